The van der Waals surface area contributed by atoms with Crippen molar-refractivity contribution in [1.29, 1.82) is 0 Å². The number of hydrogen-bond donors (Lipinski definition) is 1. The fraction of sp³-hybridized carbons (Fsp3) is 0.909. The van der Waals surface area contributed by atoms with Crippen LogP contribution in [0.2, 0.25) is 0 Å². The van der Waals surface area contributed by atoms with Gasteiger partial charge in [0.2, 0.25) is 0 Å². The lowest BCUT2D eigenvalue weighted by atomic mass is 10.0. The van der Waals surface area contributed by atoms with Gasteiger partial charge in [0.15, 0.2) is 5.82 Å². The monoisotopic (exact) mass is 239 g/mol. The molecule has 1 aromatic heterocycles. The van der Waals surface area contributed by atoms with E-state index >= 15 is 0 Å². The van der Waals surface area contributed by atoms with Crippen LogP contribution in [0.25, 0.3) is 0 Å². The Morgan fingerprint density at radius 1 is 1.47 bits per heavy atom. The molecule has 0 amide bonds. The largest absolute Gasteiger partial charge is 0.379 e. The van der Waals surface area contributed by atoms with E-state index in [-0.39, 0.29) is 11.1 Å². The van der Waals surface area contributed by atoms with Gasteiger partial charge in [0.05, 0.1) is 18.7 Å². The topological polar surface area (TPSA) is 64.9 Å². The van der Waals surface area contributed by atoms with Crippen LogP contribution in [0, 0.1) is 0 Å². The van der Waals surface area contributed by atoms with Gasteiger partial charge >= 0.3 is 0 Å². The summed E-state index contributed by atoms with van der Waals surface area (Å²) < 4.78 is 7.35. The third-order valence-corrected chi connectivity index (χ3v) is 3.02. The van der Waals surface area contributed by atoms with Crippen molar-refractivity contribution in [3.8, 4) is 0 Å². The molecule has 96 valence electrons. The first-order chi connectivity index (χ1) is 7.91. The van der Waals surface area contributed by atoms with Crippen LogP contribution in [0.3, 0.4) is 0 Å². The summed E-state index contributed by atoms with van der Waals surface area (Å²) in [6, 6.07) is 0. The highest BCUT2D eigenvalue weighted by molar-refractivity contribution is 4.93. The summed E-state index contributed by atoms with van der Waals surface area (Å²) >= 11 is 0. The van der Waals surface area contributed by atoms with E-state index in [0.29, 0.717) is 13.2 Å². The predicted molar refractivity (Wildman–Crippen MR) is 63.5 cm³/mol. The molecule has 1 N–H and O–H groups in total. The van der Waals surface area contributed by atoms with Gasteiger partial charge in [-0.15, -0.1) is 5.10 Å². The predicted octanol–water partition coefficient (Wildman–Crippen LogP) is 0.697. The number of aromatic nitrogens is 4. The molecule has 0 aromatic carbocycles. The van der Waals surface area contributed by atoms with Gasteiger partial charge in [-0.25, -0.2) is 4.68 Å². The molecule has 2 heterocycles. The number of nitrogens with one attached hydrogen (secondary N) is 1. The molecule has 0 aliphatic carbocycles. The Hall–Kier alpha value is -1.01. The first-order valence-electron chi connectivity index (χ1n) is 6.01. The second kappa shape index (κ2) is 4.34. The Morgan fingerprint density at radius 2 is 2.24 bits per heavy atom. The van der Waals surface area contributed by atoms with E-state index in [0.717, 1.165) is 18.9 Å². The molecule has 1 fully saturated rings. The van der Waals surface area contributed by atoms with Crippen LogP contribution in [0.15, 0.2) is 0 Å². The molecule has 6 heteroatoms. The highest BCUT2D eigenvalue weighted by Gasteiger charge is 2.35. The van der Waals surface area contributed by atoms with Gasteiger partial charge < -0.3 is 10.1 Å². The van der Waals surface area contributed by atoms with Crippen LogP contribution in [-0.4, -0.2) is 39.0 Å². The van der Waals surface area contributed by atoms with Gasteiger partial charge in [0, 0.05) is 12.1 Å². The van der Waals surface area contributed by atoms with E-state index in [2.05, 4.69) is 48.5 Å². The normalized spacial score (nSPS) is 25.4. The quantitative estimate of drug-likeness (QED) is 0.841. The summed E-state index contributed by atoms with van der Waals surface area (Å²) in [6.07, 6.45) is 0.959. The zero-order valence-corrected chi connectivity index (χ0v) is 11.0. The highest BCUT2D eigenvalue weighted by Crippen LogP contribution is 2.26. The minimum absolute atomic E-state index is 0.0594. The Kier molecular flexibility index (Phi) is 3.18. The molecule has 0 spiro atoms. The molecular formula is C11H21N5O. The van der Waals surface area contributed by atoms with Crippen molar-refractivity contribution < 1.29 is 4.74 Å². The third-order valence-electron chi connectivity index (χ3n) is 3.02. The van der Waals surface area contributed by atoms with Crippen molar-refractivity contribution in [3.05, 3.63) is 5.82 Å². The Labute approximate surface area is 102 Å². The van der Waals surface area contributed by atoms with Crippen molar-refractivity contribution in [2.75, 3.05) is 13.2 Å². The molecule has 0 bridgehead atoms. The second-order valence-electron chi connectivity index (χ2n) is 5.91. The summed E-state index contributed by atoms with van der Waals surface area (Å²) in [6.45, 7) is 10.6. The van der Waals surface area contributed by atoms with Crippen LogP contribution < -0.4 is 5.32 Å². The molecule has 1 atom stereocenters. The third kappa shape index (κ3) is 2.81. The minimum Gasteiger partial charge on any atom is -0.379 e. The van der Waals surface area contributed by atoms with Crippen molar-refractivity contribution in [2.45, 2.75) is 51.7 Å². The van der Waals surface area contributed by atoms with Gasteiger partial charge in [0.1, 0.15) is 0 Å². The van der Waals surface area contributed by atoms with E-state index in [1.807, 2.05) is 4.68 Å². The van der Waals surface area contributed by atoms with Crippen LogP contribution in [0.5, 0.6) is 0 Å². The highest BCUT2D eigenvalue weighted by atomic mass is 16.5. The second-order valence-corrected chi connectivity index (χ2v) is 5.91. The summed E-state index contributed by atoms with van der Waals surface area (Å²) in [7, 11) is 0. The fourth-order valence-electron chi connectivity index (χ4n) is 1.90. The summed E-state index contributed by atoms with van der Waals surface area (Å²) in [5, 5.41) is 15.4. The molecule has 1 unspecified atom stereocenters. The van der Waals surface area contributed by atoms with E-state index in [4.69, 9.17) is 4.74 Å². The smallest absolute Gasteiger partial charge is 0.165 e. The van der Waals surface area contributed by atoms with Gasteiger partial charge in [-0.05, 0) is 44.5 Å². The summed E-state index contributed by atoms with van der Waals surface area (Å²) in [5.41, 5.74) is -0.0394. The zero-order valence-electron chi connectivity index (χ0n) is 11.0. The van der Waals surface area contributed by atoms with Gasteiger partial charge in [-0.2, -0.15) is 0 Å². The Balaban J connectivity index is 2.11. The lowest BCUT2D eigenvalue weighted by Gasteiger charge is -2.25. The summed E-state index contributed by atoms with van der Waals surface area (Å²) in [5.74, 6) is 0.868. The van der Waals surface area contributed by atoms with Crippen molar-refractivity contribution >= 4 is 0 Å². The first kappa shape index (κ1) is 12.4. The lowest BCUT2D eigenvalue weighted by Crippen LogP contribution is -2.39. The van der Waals surface area contributed by atoms with E-state index in [9.17, 15) is 0 Å². The van der Waals surface area contributed by atoms with Crippen LogP contribution >= 0.6 is 0 Å². The number of rotatable bonds is 3. The maximum Gasteiger partial charge on any atom is 0.165 e. The SMILES string of the molecule is CC(C)(C)NCc1nnnn1C1(C)CCOC1. The van der Waals surface area contributed by atoms with Crippen LogP contribution in [0.1, 0.15) is 39.9 Å². The van der Waals surface area contributed by atoms with E-state index < -0.39 is 0 Å². The molecule has 6 nitrogen and oxygen atoms in total. The number of ether oxygens (including phenoxy) is 1. The maximum absolute atomic E-state index is 5.45. The maximum atomic E-state index is 5.45. The van der Waals surface area contributed by atoms with Crippen molar-refractivity contribution in [1.82, 2.24) is 25.5 Å². The van der Waals surface area contributed by atoms with Crippen molar-refractivity contribution in [2.24, 2.45) is 0 Å². The van der Waals surface area contributed by atoms with Crippen LogP contribution in [-0.2, 0) is 16.8 Å². The fourth-order valence-corrected chi connectivity index (χ4v) is 1.90. The molecule has 1 saturated heterocycles. The average Bonchev–Trinajstić information content (AvgIpc) is 2.82. The zero-order chi connectivity index (χ0) is 12.5. The standard InChI is InChI=1S/C11H21N5O/c1-10(2,3)12-7-9-13-14-15-16(9)11(4)5-6-17-8-11/h12H,5-8H2,1-4H3. The first-order valence-corrected chi connectivity index (χ1v) is 6.01. The van der Waals surface area contributed by atoms with E-state index in [1.54, 1.807) is 0 Å². The average molecular weight is 239 g/mol. The molecule has 0 saturated carbocycles. The Bertz CT molecular complexity index is 375. The minimum atomic E-state index is -0.0988. The van der Waals surface area contributed by atoms with Gasteiger partial charge in [0.25, 0.3) is 0 Å². The number of nitrogens with zero attached hydrogens (tertiary/aromatic N) is 4. The Morgan fingerprint density at radius 3 is 2.82 bits per heavy atom. The number of tetrazole rings is 1. The van der Waals surface area contributed by atoms with E-state index in [1.165, 1.54) is 0 Å². The summed E-state index contributed by atoms with van der Waals surface area (Å²) in [4.78, 5) is 0. The van der Waals surface area contributed by atoms with Gasteiger partial charge in [-0.1, -0.05) is 0 Å². The molecular weight excluding hydrogens is 218 g/mol. The molecule has 1 aromatic rings. The molecule has 2 rings (SSSR count). The van der Waals surface area contributed by atoms with Crippen molar-refractivity contribution in [3.63, 3.8) is 0 Å². The molecule has 17 heavy (non-hydrogen) atoms. The molecule has 1 aliphatic heterocycles. The molecule has 1 aliphatic rings. The van der Waals surface area contributed by atoms with Gasteiger partial charge in [-0.3, -0.25) is 0 Å². The van der Waals surface area contributed by atoms with Crippen LogP contribution in [0.4, 0.5) is 0 Å². The number of hydrogen-bond acceptors (Lipinski definition) is 5. The lowest BCUT2D eigenvalue weighted by molar-refractivity contribution is 0.152. The molecule has 0 radical (unpaired) electrons.